The molecule has 0 radical (unpaired) electrons. The summed E-state index contributed by atoms with van der Waals surface area (Å²) in [6.45, 7) is 22.6. The molecule has 6 heteroatoms. The average molecular weight is 485 g/mol. The molecule has 1 aliphatic heterocycles. The first-order chi connectivity index (χ1) is 15.7. The molecule has 0 saturated carbocycles. The molecular formula is C28H40O5Si. The third-order valence-electron chi connectivity index (χ3n) is 6.67. The summed E-state index contributed by atoms with van der Waals surface area (Å²) in [5.74, 6) is 0.399. The van der Waals surface area contributed by atoms with Crippen molar-refractivity contribution in [1.29, 1.82) is 0 Å². The molecule has 2 heterocycles. The minimum absolute atomic E-state index is 0.0318. The molecule has 1 N–H and O–H groups in total. The van der Waals surface area contributed by atoms with Gasteiger partial charge < -0.3 is 18.7 Å². The van der Waals surface area contributed by atoms with E-state index in [0.29, 0.717) is 28.9 Å². The largest absolute Gasteiger partial charge is 0.507 e. The van der Waals surface area contributed by atoms with Gasteiger partial charge in [0.2, 0.25) is 0 Å². The maximum Gasteiger partial charge on any atom is 0.336 e. The Kier molecular flexibility index (Phi) is 6.99. The van der Waals surface area contributed by atoms with Crippen LogP contribution in [0.25, 0.3) is 17.0 Å². The van der Waals surface area contributed by atoms with Crippen molar-refractivity contribution in [3.8, 4) is 11.5 Å². The van der Waals surface area contributed by atoms with Crippen LogP contribution < -0.4 is 10.4 Å². The van der Waals surface area contributed by atoms with Gasteiger partial charge in [-0.1, -0.05) is 47.1 Å². The predicted molar refractivity (Wildman–Crippen MR) is 142 cm³/mol. The monoisotopic (exact) mass is 484 g/mol. The van der Waals surface area contributed by atoms with Crippen LogP contribution in [0.3, 0.4) is 0 Å². The SMILES string of the molecule is C=C[C@@H](C)[C@](O[SiH](C)C)(c1c(O)c2c(c3c(CCC)cc(=O)oc13)OC(C)(C)C=C2)C(C)(C)C. The summed E-state index contributed by atoms with van der Waals surface area (Å²) in [5.41, 5.74) is -0.160. The Morgan fingerprint density at radius 1 is 1.29 bits per heavy atom. The van der Waals surface area contributed by atoms with Gasteiger partial charge in [0.15, 0.2) is 14.6 Å². The van der Waals surface area contributed by atoms with E-state index in [-0.39, 0.29) is 11.7 Å². The highest BCUT2D eigenvalue weighted by atomic mass is 28.3. The summed E-state index contributed by atoms with van der Waals surface area (Å²) in [4.78, 5) is 12.8. The highest BCUT2D eigenvalue weighted by molar-refractivity contribution is 6.48. The van der Waals surface area contributed by atoms with E-state index >= 15 is 0 Å². The fourth-order valence-corrected chi connectivity index (χ4v) is 6.70. The van der Waals surface area contributed by atoms with Gasteiger partial charge >= 0.3 is 5.63 Å². The summed E-state index contributed by atoms with van der Waals surface area (Å²) in [6.07, 6.45) is 7.25. The number of aromatic hydroxyl groups is 1. The van der Waals surface area contributed by atoms with E-state index in [2.05, 4.69) is 47.4 Å². The van der Waals surface area contributed by atoms with E-state index in [1.54, 1.807) is 6.07 Å². The molecule has 0 unspecified atom stereocenters. The smallest absolute Gasteiger partial charge is 0.336 e. The standard InChI is InChI=1S/C28H40O5Si/c1-11-13-18-16-20(29)31-25-21(18)24-19(14-15-27(7,8)32-24)23(30)22(25)28(17(3)12-2,26(4,5)6)33-34(9)10/h12,14-17,30,34H,2,11,13H2,1,3-10H3/t17-,28+/m1/s1. The second kappa shape index (κ2) is 9.04. The molecule has 186 valence electrons. The minimum Gasteiger partial charge on any atom is -0.507 e. The molecule has 0 spiro atoms. The van der Waals surface area contributed by atoms with Gasteiger partial charge in [-0.05, 0) is 56.5 Å². The maximum absolute atomic E-state index is 12.8. The van der Waals surface area contributed by atoms with Crippen molar-refractivity contribution >= 4 is 26.1 Å². The number of rotatable bonds is 7. The molecule has 0 fully saturated rings. The zero-order valence-corrected chi connectivity index (χ0v) is 23.3. The second-order valence-corrected chi connectivity index (χ2v) is 13.6. The van der Waals surface area contributed by atoms with Crippen LogP contribution in [-0.2, 0) is 16.4 Å². The molecule has 1 aliphatic rings. The number of hydrogen-bond acceptors (Lipinski definition) is 5. The summed E-state index contributed by atoms with van der Waals surface area (Å²) in [5, 5.41) is 12.6. The van der Waals surface area contributed by atoms with E-state index in [0.717, 1.165) is 17.4 Å². The maximum atomic E-state index is 12.8. The van der Waals surface area contributed by atoms with Crippen LogP contribution in [0.1, 0.15) is 71.6 Å². The molecule has 2 aromatic rings. The van der Waals surface area contributed by atoms with Gasteiger partial charge in [-0.3, -0.25) is 0 Å². The normalized spacial score (nSPS) is 17.8. The Bertz CT molecular complexity index is 1180. The summed E-state index contributed by atoms with van der Waals surface area (Å²) in [6, 6.07) is 1.55. The number of phenolic OH excluding ortho intramolecular Hbond substituents is 1. The Morgan fingerprint density at radius 3 is 2.47 bits per heavy atom. The molecule has 0 aliphatic carbocycles. The van der Waals surface area contributed by atoms with Crippen molar-refractivity contribution in [1.82, 2.24) is 0 Å². The second-order valence-electron chi connectivity index (χ2n) is 11.2. The molecule has 1 aromatic carbocycles. The lowest BCUT2D eigenvalue weighted by Gasteiger charge is -2.50. The Hall–Kier alpha value is -2.31. The molecule has 2 atom stereocenters. The molecule has 34 heavy (non-hydrogen) atoms. The van der Waals surface area contributed by atoms with Crippen LogP contribution in [0.15, 0.2) is 34.0 Å². The van der Waals surface area contributed by atoms with Crippen LogP contribution in [0, 0.1) is 11.3 Å². The predicted octanol–water partition coefficient (Wildman–Crippen LogP) is 6.70. The fraction of sp³-hybridized carbons (Fsp3) is 0.536. The van der Waals surface area contributed by atoms with Gasteiger partial charge in [0.25, 0.3) is 0 Å². The van der Waals surface area contributed by atoms with Crippen molar-refractivity contribution in [2.24, 2.45) is 11.3 Å². The highest BCUT2D eigenvalue weighted by Crippen LogP contribution is 2.57. The summed E-state index contributed by atoms with van der Waals surface area (Å²) >= 11 is 0. The van der Waals surface area contributed by atoms with Crippen LogP contribution in [0.5, 0.6) is 11.5 Å². The average Bonchev–Trinajstić information content (AvgIpc) is 2.70. The molecule has 0 amide bonds. The number of aryl methyl sites for hydroxylation is 1. The first kappa shape index (κ1) is 26.3. The topological polar surface area (TPSA) is 68.9 Å². The van der Waals surface area contributed by atoms with E-state index in [1.807, 2.05) is 39.0 Å². The van der Waals surface area contributed by atoms with Gasteiger partial charge in [0.1, 0.15) is 17.1 Å². The quantitative estimate of drug-likeness (QED) is 0.269. The summed E-state index contributed by atoms with van der Waals surface area (Å²) < 4.78 is 19.2. The molecule has 1 aromatic heterocycles. The van der Waals surface area contributed by atoms with Crippen LogP contribution in [-0.4, -0.2) is 19.7 Å². The number of hydrogen-bond donors (Lipinski definition) is 1. The lowest BCUT2D eigenvalue weighted by molar-refractivity contribution is -0.0724. The lowest BCUT2D eigenvalue weighted by Crippen LogP contribution is -2.50. The van der Waals surface area contributed by atoms with Crippen LogP contribution >= 0.6 is 0 Å². The van der Waals surface area contributed by atoms with Crippen LogP contribution in [0.2, 0.25) is 13.1 Å². The zero-order chi connectivity index (χ0) is 25.6. The van der Waals surface area contributed by atoms with Crippen LogP contribution in [0.4, 0.5) is 0 Å². The van der Waals surface area contributed by atoms with Gasteiger partial charge in [-0.15, -0.1) is 6.58 Å². The highest BCUT2D eigenvalue weighted by Gasteiger charge is 2.52. The number of phenols is 1. The Labute approximate surface area is 205 Å². The molecule has 0 saturated heterocycles. The van der Waals surface area contributed by atoms with Gasteiger partial charge in [-0.25, -0.2) is 4.79 Å². The van der Waals surface area contributed by atoms with Crippen molar-refractivity contribution in [3.63, 3.8) is 0 Å². The van der Waals surface area contributed by atoms with E-state index in [9.17, 15) is 9.90 Å². The van der Waals surface area contributed by atoms with Crippen molar-refractivity contribution in [3.05, 3.63) is 51.9 Å². The summed E-state index contributed by atoms with van der Waals surface area (Å²) in [7, 11) is -1.65. The Balaban J connectivity index is 2.66. The van der Waals surface area contributed by atoms with Crippen molar-refractivity contribution in [2.75, 3.05) is 0 Å². The molecule has 5 nitrogen and oxygen atoms in total. The fourth-order valence-electron chi connectivity index (χ4n) is 5.27. The lowest BCUT2D eigenvalue weighted by atomic mass is 9.64. The van der Waals surface area contributed by atoms with E-state index < -0.39 is 31.3 Å². The third-order valence-corrected chi connectivity index (χ3v) is 7.51. The van der Waals surface area contributed by atoms with Crippen molar-refractivity contribution in [2.45, 2.75) is 85.6 Å². The van der Waals surface area contributed by atoms with Gasteiger partial charge in [-0.2, -0.15) is 0 Å². The van der Waals surface area contributed by atoms with Crippen molar-refractivity contribution < 1.29 is 18.7 Å². The Morgan fingerprint density at radius 2 is 1.94 bits per heavy atom. The van der Waals surface area contributed by atoms with E-state index in [4.69, 9.17) is 13.6 Å². The first-order valence-corrected chi connectivity index (χ1v) is 15.0. The number of fused-ring (bicyclic) bond motifs is 3. The minimum atomic E-state index is -1.65. The van der Waals surface area contributed by atoms with E-state index in [1.165, 1.54) is 0 Å². The number of ether oxygens (including phenoxy) is 1. The van der Waals surface area contributed by atoms with Gasteiger partial charge in [0.05, 0.1) is 22.1 Å². The van der Waals surface area contributed by atoms with Gasteiger partial charge in [0, 0.05) is 12.0 Å². The zero-order valence-electron chi connectivity index (χ0n) is 22.2. The molecule has 0 bridgehead atoms. The molecular weight excluding hydrogens is 444 g/mol. The molecule has 3 rings (SSSR count). The first-order valence-electron chi connectivity index (χ1n) is 12.2. The third kappa shape index (κ3) is 4.26. The number of benzene rings is 1.